The standard InChI is InChI=1S/C37H50O8Si/c1-4-5-26-43-36(38)29(2)44-34-22-24-35(25-23-34)45-37(39)32-16-14-30(15-17-32)31-18-20-33(21-19-31)42-27-12-10-8-6-7-9-11-13-28-46(3,40)41/h14-25,29,40-41H,4-13,26-28H2,1-3H3. The lowest BCUT2D eigenvalue weighted by atomic mass is 10.0. The molecule has 0 radical (unpaired) electrons. The number of unbranched alkanes of at least 4 members (excludes halogenated alkanes) is 8. The SMILES string of the molecule is CCCCOC(=O)C(C)Oc1ccc(OC(=O)c2ccc(-c3ccc(OCCCCCCCCCC[Si](C)(O)O)cc3)cc2)cc1. The van der Waals surface area contributed by atoms with Crippen LogP contribution in [-0.2, 0) is 9.53 Å². The van der Waals surface area contributed by atoms with E-state index in [4.69, 9.17) is 18.9 Å². The van der Waals surface area contributed by atoms with Crippen LogP contribution in [0.4, 0.5) is 0 Å². The number of hydrogen-bond acceptors (Lipinski definition) is 8. The summed E-state index contributed by atoms with van der Waals surface area (Å²) in [6, 6.07) is 22.3. The van der Waals surface area contributed by atoms with Crippen LogP contribution in [0.3, 0.4) is 0 Å². The Balaban J connectivity index is 1.34. The fourth-order valence-corrected chi connectivity index (χ4v) is 5.71. The Morgan fingerprint density at radius 2 is 1.20 bits per heavy atom. The molecule has 46 heavy (non-hydrogen) atoms. The Hall–Kier alpha value is -3.66. The van der Waals surface area contributed by atoms with Crippen LogP contribution in [0.5, 0.6) is 17.2 Å². The normalized spacial score (nSPS) is 11.9. The first-order valence-electron chi connectivity index (χ1n) is 16.6. The highest BCUT2D eigenvalue weighted by Crippen LogP contribution is 2.25. The summed E-state index contributed by atoms with van der Waals surface area (Å²) in [7, 11) is -2.86. The number of benzene rings is 3. The summed E-state index contributed by atoms with van der Waals surface area (Å²) in [4.78, 5) is 43.6. The average Bonchev–Trinajstić information content (AvgIpc) is 3.04. The highest BCUT2D eigenvalue weighted by Gasteiger charge is 2.19. The lowest BCUT2D eigenvalue weighted by molar-refractivity contribution is -0.151. The third-order valence-corrected chi connectivity index (χ3v) is 8.84. The third-order valence-electron chi connectivity index (χ3n) is 7.54. The van der Waals surface area contributed by atoms with E-state index in [2.05, 4.69) is 0 Å². The number of rotatable bonds is 21. The van der Waals surface area contributed by atoms with Gasteiger partial charge in [-0.3, -0.25) is 0 Å². The zero-order valence-corrected chi connectivity index (χ0v) is 28.5. The highest BCUT2D eigenvalue weighted by atomic mass is 28.4. The first kappa shape index (κ1) is 36.8. The van der Waals surface area contributed by atoms with Gasteiger partial charge in [-0.25, -0.2) is 9.59 Å². The maximum absolute atomic E-state index is 12.7. The van der Waals surface area contributed by atoms with E-state index in [1.807, 2.05) is 43.3 Å². The van der Waals surface area contributed by atoms with Gasteiger partial charge in [-0.05, 0) is 92.0 Å². The first-order chi connectivity index (χ1) is 22.1. The molecule has 0 fully saturated rings. The van der Waals surface area contributed by atoms with Crippen LogP contribution in [0.2, 0.25) is 12.6 Å². The predicted molar refractivity (Wildman–Crippen MR) is 183 cm³/mol. The average molecular weight is 651 g/mol. The highest BCUT2D eigenvalue weighted by molar-refractivity contribution is 6.63. The molecule has 3 rings (SSSR count). The van der Waals surface area contributed by atoms with Crippen molar-refractivity contribution >= 4 is 20.5 Å². The maximum atomic E-state index is 12.7. The minimum Gasteiger partial charge on any atom is -0.494 e. The summed E-state index contributed by atoms with van der Waals surface area (Å²) >= 11 is 0. The van der Waals surface area contributed by atoms with Crippen molar-refractivity contribution in [1.82, 2.24) is 0 Å². The van der Waals surface area contributed by atoms with Gasteiger partial charge in [0, 0.05) is 0 Å². The molecular weight excluding hydrogens is 600 g/mol. The van der Waals surface area contributed by atoms with Crippen LogP contribution >= 0.6 is 0 Å². The van der Waals surface area contributed by atoms with Gasteiger partial charge in [0.15, 0.2) is 6.10 Å². The van der Waals surface area contributed by atoms with Gasteiger partial charge in [0.2, 0.25) is 0 Å². The number of ether oxygens (including phenoxy) is 4. The molecule has 0 saturated carbocycles. The predicted octanol–water partition coefficient (Wildman–Crippen LogP) is 8.24. The summed E-state index contributed by atoms with van der Waals surface area (Å²) < 4.78 is 22.3. The molecule has 0 amide bonds. The fraction of sp³-hybridized carbons (Fsp3) is 0.459. The Morgan fingerprint density at radius 1 is 0.674 bits per heavy atom. The van der Waals surface area contributed by atoms with Gasteiger partial charge in [-0.15, -0.1) is 0 Å². The zero-order valence-electron chi connectivity index (χ0n) is 27.5. The van der Waals surface area contributed by atoms with E-state index in [1.54, 1.807) is 49.9 Å². The summed E-state index contributed by atoms with van der Waals surface area (Å²) in [6.07, 6.45) is 9.93. The van der Waals surface area contributed by atoms with Crippen LogP contribution in [0.25, 0.3) is 11.1 Å². The monoisotopic (exact) mass is 650 g/mol. The van der Waals surface area contributed by atoms with Crippen molar-refractivity contribution in [2.75, 3.05) is 13.2 Å². The quantitative estimate of drug-likeness (QED) is 0.0513. The number of hydrogen-bond donors (Lipinski definition) is 2. The van der Waals surface area contributed by atoms with E-state index in [1.165, 1.54) is 19.3 Å². The Bertz CT molecular complexity index is 1300. The van der Waals surface area contributed by atoms with Crippen molar-refractivity contribution in [2.45, 2.75) is 96.8 Å². The van der Waals surface area contributed by atoms with Crippen molar-refractivity contribution in [3.63, 3.8) is 0 Å². The van der Waals surface area contributed by atoms with E-state index >= 15 is 0 Å². The van der Waals surface area contributed by atoms with Crippen LogP contribution in [-0.4, -0.2) is 49.4 Å². The molecule has 3 aromatic carbocycles. The minimum atomic E-state index is -2.86. The van der Waals surface area contributed by atoms with Gasteiger partial charge in [0.05, 0.1) is 18.8 Å². The molecule has 0 heterocycles. The molecule has 0 aromatic heterocycles. The van der Waals surface area contributed by atoms with Crippen molar-refractivity contribution in [1.29, 1.82) is 0 Å². The van der Waals surface area contributed by atoms with Crippen molar-refractivity contribution in [3.8, 4) is 28.4 Å². The molecule has 0 saturated heterocycles. The third kappa shape index (κ3) is 14.2. The zero-order chi connectivity index (χ0) is 33.2. The summed E-state index contributed by atoms with van der Waals surface area (Å²) in [6.45, 7) is 6.31. The van der Waals surface area contributed by atoms with Gasteiger partial charge >= 0.3 is 20.5 Å². The van der Waals surface area contributed by atoms with E-state index < -0.39 is 26.6 Å². The minimum absolute atomic E-state index is 0.374. The molecule has 0 bridgehead atoms. The molecule has 0 aliphatic rings. The van der Waals surface area contributed by atoms with E-state index in [0.717, 1.165) is 61.8 Å². The molecule has 0 spiro atoms. The fourth-order valence-electron chi connectivity index (χ4n) is 4.79. The van der Waals surface area contributed by atoms with Gasteiger partial charge < -0.3 is 28.5 Å². The molecule has 3 aromatic rings. The lowest BCUT2D eigenvalue weighted by Crippen LogP contribution is -2.29. The first-order valence-corrected chi connectivity index (χ1v) is 19.2. The van der Waals surface area contributed by atoms with Crippen LogP contribution < -0.4 is 14.2 Å². The molecular formula is C37H50O8Si. The van der Waals surface area contributed by atoms with Crippen LogP contribution in [0.15, 0.2) is 72.8 Å². The topological polar surface area (TPSA) is 112 Å². The van der Waals surface area contributed by atoms with Gasteiger partial charge in [-0.1, -0.05) is 82.6 Å². The van der Waals surface area contributed by atoms with Crippen LogP contribution in [0, 0.1) is 0 Å². The van der Waals surface area contributed by atoms with Gasteiger partial charge in [0.1, 0.15) is 17.2 Å². The van der Waals surface area contributed by atoms with Crippen LogP contribution in [0.1, 0.15) is 88.4 Å². The Morgan fingerprint density at radius 3 is 1.78 bits per heavy atom. The van der Waals surface area contributed by atoms with Crippen molar-refractivity contribution in [3.05, 3.63) is 78.4 Å². The second-order valence-electron chi connectivity index (χ2n) is 11.9. The van der Waals surface area contributed by atoms with E-state index in [-0.39, 0.29) is 0 Å². The number of carbonyl (C=O) groups is 2. The lowest BCUT2D eigenvalue weighted by Gasteiger charge is -2.14. The molecule has 9 heteroatoms. The van der Waals surface area contributed by atoms with E-state index in [9.17, 15) is 19.2 Å². The molecule has 2 N–H and O–H groups in total. The molecule has 0 aliphatic carbocycles. The summed E-state index contributed by atoms with van der Waals surface area (Å²) in [5.41, 5.74) is 2.44. The molecule has 8 nitrogen and oxygen atoms in total. The largest absolute Gasteiger partial charge is 0.494 e. The molecule has 1 atom stereocenters. The van der Waals surface area contributed by atoms with Gasteiger partial charge in [-0.2, -0.15) is 0 Å². The second kappa shape index (κ2) is 19.8. The number of carbonyl (C=O) groups excluding carboxylic acids is 2. The van der Waals surface area contributed by atoms with Gasteiger partial charge in [0.25, 0.3) is 0 Å². The second-order valence-corrected chi connectivity index (χ2v) is 14.8. The molecule has 1 unspecified atom stereocenters. The van der Waals surface area contributed by atoms with E-state index in [0.29, 0.717) is 36.3 Å². The maximum Gasteiger partial charge on any atom is 0.347 e. The Kier molecular flexibility index (Phi) is 15.8. The molecule has 0 aliphatic heterocycles. The summed E-state index contributed by atoms with van der Waals surface area (Å²) in [5.74, 6) is 0.814. The van der Waals surface area contributed by atoms with Crippen molar-refractivity contribution in [2.24, 2.45) is 0 Å². The smallest absolute Gasteiger partial charge is 0.347 e. The number of esters is 2. The Labute approximate surface area is 274 Å². The van der Waals surface area contributed by atoms with Crippen molar-refractivity contribution < 1.29 is 38.1 Å². The molecule has 250 valence electrons. The summed E-state index contributed by atoms with van der Waals surface area (Å²) in [5, 5.41) is 0.